The van der Waals surface area contributed by atoms with Gasteiger partial charge in [-0.05, 0) is 80.8 Å². The third kappa shape index (κ3) is 6.81. The van der Waals surface area contributed by atoms with E-state index in [0.29, 0.717) is 42.8 Å². The smallest absolute Gasteiger partial charge is 0.291 e. The fraction of sp³-hybridized carbons (Fsp3) is 0.476. The Hall–Kier alpha value is -5.59. The molecule has 7 heterocycles. The summed E-state index contributed by atoms with van der Waals surface area (Å²) < 4.78 is 0. The Bertz CT molecular complexity index is 2230. The van der Waals surface area contributed by atoms with Gasteiger partial charge in [-0.1, -0.05) is 11.6 Å². The van der Waals surface area contributed by atoms with Crippen molar-refractivity contribution in [3.05, 3.63) is 76.3 Å². The summed E-state index contributed by atoms with van der Waals surface area (Å²) in [5, 5.41) is 12.0. The monoisotopic (exact) mass is 804 g/mol. The first-order valence-corrected chi connectivity index (χ1v) is 20.6. The van der Waals surface area contributed by atoms with Gasteiger partial charge in [0.1, 0.15) is 12.1 Å². The van der Waals surface area contributed by atoms with E-state index in [1.807, 2.05) is 23.1 Å². The average molecular weight is 805 g/mol. The quantitative estimate of drug-likeness (QED) is 0.362. The molecule has 0 radical (unpaired) electrons. The van der Waals surface area contributed by atoms with Crippen molar-refractivity contribution < 1.29 is 24.0 Å². The summed E-state index contributed by atoms with van der Waals surface area (Å²) in [4.78, 5) is 85.4. The van der Waals surface area contributed by atoms with E-state index >= 15 is 0 Å². The number of hydrogen-bond acceptors (Lipinski definition) is 12. The molecule has 0 aliphatic carbocycles. The standard InChI is InChI=1S/C42H45ClN10O5/c1-26-20-42(25-52(26)29-3-2-27(21-44)34(43)19-29)9-12-48(13-10-42)31-22-45-37(46-23-31)41(58)51-11-8-30(24-51)50-16-14-49(15-17-50)28-4-5-32-33(18-28)40(57)53(39(32)56)35-6-7-36(54)47-38(35)55/h2-5,18-19,22-23,26,30,35H,6-17,20,24-25H2,1H3,(H,47,54,55)/t26-,30+,35?/m0/s1. The van der Waals surface area contributed by atoms with Crippen molar-refractivity contribution in [2.24, 2.45) is 5.41 Å². The number of hydrogen-bond donors (Lipinski definition) is 1. The largest absolute Gasteiger partial charge is 0.369 e. The number of fused-ring (bicyclic) bond motifs is 1. The van der Waals surface area contributed by atoms with Gasteiger partial charge >= 0.3 is 0 Å². The highest BCUT2D eigenvalue weighted by Crippen LogP contribution is 2.46. The lowest BCUT2D eigenvalue weighted by Crippen LogP contribution is -2.54. The van der Waals surface area contributed by atoms with Crippen LogP contribution in [0, 0.1) is 16.7 Å². The van der Waals surface area contributed by atoms with Gasteiger partial charge in [-0.15, -0.1) is 0 Å². The number of nitriles is 1. The molecular formula is C42H45ClN10O5. The predicted molar refractivity (Wildman–Crippen MR) is 215 cm³/mol. The number of benzene rings is 2. The van der Waals surface area contributed by atoms with Crippen LogP contribution in [0.2, 0.25) is 5.02 Å². The second-order valence-electron chi connectivity index (χ2n) is 16.6. The van der Waals surface area contributed by atoms with E-state index in [2.05, 4.69) is 47.9 Å². The second kappa shape index (κ2) is 15.0. The summed E-state index contributed by atoms with van der Waals surface area (Å²) in [6.07, 6.45) is 7.80. The molecule has 5 fully saturated rings. The van der Waals surface area contributed by atoms with E-state index in [1.165, 1.54) is 0 Å². The van der Waals surface area contributed by atoms with Gasteiger partial charge in [-0.2, -0.15) is 5.26 Å². The Balaban J connectivity index is 0.754. The first kappa shape index (κ1) is 38.0. The van der Waals surface area contributed by atoms with Crippen LogP contribution in [0.15, 0.2) is 48.8 Å². The first-order valence-electron chi connectivity index (χ1n) is 20.2. The van der Waals surface area contributed by atoms with Gasteiger partial charge in [0.15, 0.2) is 0 Å². The predicted octanol–water partition coefficient (Wildman–Crippen LogP) is 3.32. The molecular weight excluding hydrogens is 760 g/mol. The lowest BCUT2D eigenvalue weighted by atomic mass is 9.76. The Labute approximate surface area is 341 Å². The highest BCUT2D eigenvalue weighted by molar-refractivity contribution is 6.32. The maximum atomic E-state index is 13.5. The van der Waals surface area contributed by atoms with Crippen LogP contribution in [0.5, 0.6) is 0 Å². The Kier molecular flexibility index (Phi) is 9.80. The highest BCUT2D eigenvalue weighted by Gasteiger charge is 2.46. The van der Waals surface area contributed by atoms with Crippen molar-refractivity contribution in [2.75, 3.05) is 73.6 Å². The zero-order valence-corrected chi connectivity index (χ0v) is 33.2. The minimum atomic E-state index is -0.993. The van der Waals surface area contributed by atoms with E-state index < -0.39 is 29.7 Å². The van der Waals surface area contributed by atoms with Crippen molar-refractivity contribution in [3.8, 4) is 6.07 Å². The molecule has 1 spiro atoms. The molecule has 1 aromatic heterocycles. The number of aromatic nitrogens is 2. The van der Waals surface area contributed by atoms with Gasteiger partial charge in [0.25, 0.3) is 17.7 Å². The number of anilines is 3. The number of amides is 5. The van der Waals surface area contributed by atoms with Crippen molar-refractivity contribution in [1.29, 1.82) is 5.26 Å². The summed E-state index contributed by atoms with van der Waals surface area (Å²) >= 11 is 6.37. The number of carbonyl (C=O) groups excluding carboxylic acids is 5. The number of nitrogens with one attached hydrogen (secondary N) is 1. The fourth-order valence-corrected chi connectivity index (χ4v) is 10.2. The van der Waals surface area contributed by atoms with Crippen LogP contribution >= 0.6 is 11.6 Å². The van der Waals surface area contributed by atoms with Crippen molar-refractivity contribution in [2.45, 2.75) is 63.6 Å². The summed E-state index contributed by atoms with van der Waals surface area (Å²) in [7, 11) is 0. The summed E-state index contributed by atoms with van der Waals surface area (Å²) in [6.45, 7) is 9.22. The van der Waals surface area contributed by atoms with Crippen LogP contribution in [-0.2, 0) is 9.59 Å². The number of likely N-dealkylation sites (tertiary alicyclic amines) is 1. The van der Waals surface area contributed by atoms with Crippen LogP contribution in [0.1, 0.15) is 82.3 Å². The zero-order valence-electron chi connectivity index (χ0n) is 32.4. The minimum Gasteiger partial charge on any atom is -0.369 e. The van der Waals surface area contributed by atoms with Gasteiger partial charge in [0.05, 0.1) is 39.8 Å². The maximum absolute atomic E-state index is 13.5. The summed E-state index contributed by atoms with van der Waals surface area (Å²) in [5.41, 5.74) is 4.07. The topological polar surface area (TPSA) is 166 Å². The number of carbonyl (C=O) groups is 5. The van der Waals surface area contributed by atoms with Gasteiger partial charge in [-0.3, -0.25) is 39.1 Å². The Morgan fingerprint density at radius 3 is 2.28 bits per heavy atom. The number of rotatable bonds is 6. The van der Waals surface area contributed by atoms with Crippen molar-refractivity contribution >= 4 is 58.2 Å². The molecule has 3 atom stereocenters. The molecule has 1 unspecified atom stereocenters. The molecule has 6 aliphatic heterocycles. The van der Waals surface area contributed by atoms with E-state index in [9.17, 15) is 29.2 Å². The number of nitrogens with zero attached hydrogens (tertiary/aromatic N) is 9. The fourth-order valence-electron chi connectivity index (χ4n) is 10.0. The average Bonchev–Trinajstić information content (AvgIpc) is 3.92. The van der Waals surface area contributed by atoms with Gasteiger partial charge in [-0.25, -0.2) is 9.97 Å². The molecule has 6 aliphatic rings. The minimum absolute atomic E-state index is 0.0777. The normalized spacial score (nSPS) is 24.8. The maximum Gasteiger partial charge on any atom is 0.291 e. The number of piperidine rings is 2. The van der Waals surface area contributed by atoms with E-state index in [1.54, 1.807) is 30.6 Å². The number of imide groups is 2. The molecule has 1 N–H and O–H groups in total. The summed E-state index contributed by atoms with van der Waals surface area (Å²) in [6, 6.07) is 12.7. The molecule has 5 amide bonds. The van der Waals surface area contributed by atoms with Crippen LogP contribution in [0.4, 0.5) is 17.1 Å². The van der Waals surface area contributed by atoms with Crippen LogP contribution in [0.3, 0.4) is 0 Å². The van der Waals surface area contributed by atoms with Gasteiger partial charge in [0, 0.05) is 88.8 Å². The molecule has 15 nitrogen and oxygen atoms in total. The zero-order chi connectivity index (χ0) is 40.3. The molecule has 9 rings (SSSR count). The summed E-state index contributed by atoms with van der Waals surface area (Å²) in [5.74, 6) is -1.99. The van der Waals surface area contributed by atoms with Gasteiger partial charge < -0.3 is 19.6 Å². The SMILES string of the molecule is C[C@H]1CC2(CCN(c3cnc(C(=O)N4CC[C@@H](N5CCN(c6ccc7c(c6)C(=O)N(C6CCC(=O)NC6=O)C7=O)CC5)C4)nc3)CC2)CN1c1ccc(C#N)c(Cl)c1. The molecule has 58 heavy (non-hydrogen) atoms. The Morgan fingerprint density at radius 2 is 1.57 bits per heavy atom. The van der Waals surface area contributed by atoms with Crippen molar-refractivity contribution in [1.82, 2.24) is 30.0 Å². The molecule has 2 aromatic carbocycles. The van der Waals surface area contributed by atoms with Gasteiger partial charge in [0.2, 0.25) is 17.6 Å². The second-order valence-corrected chi connectivity index (χ2v) is 17.0. The molecule has 0 saturated carbocycles. The first-order chi connectivity index (χ1) is 28.0. The van der Waals surface area contributed by atoms with E-state index in [4.69, 9.17) is 11.6 Å². The van der Waals surface area contributed by atoms with Crippen LogP contribution in [-0.4, -0.2) is 131 Å². The number of piperazine rings is 1. The molecule has 0 bridgehead atoms. The van der Waals surface area contributed by atoms with Crippen LogP contribution < -0.4 is 20.0 Å². The highest BCUT2D eigenvalue weighted by atomic mass is 35.5. The van der Waals surface area contributed by atoms with Crippen molar-refractivity contribution in [3.63, 3.8) is 0 Å². The lowest BCUT2D eigenvalue weighted by Gasteiger charge is -2.40. The molecule has 3 aromatic rings. The van der Waals surface area contributed by atoms with E-state index in [-0.39, 0.29) is 47.2 Å². The third-order valence-corrected chi connectivity index (χ3v) is 13.6. The number of halogens is 1. The van der Waals surface area contributed by atoms with E-state index in [0.717, 1.165) is 80.4 Å². The lowest BCUT2D eigenvalue weighted by molar-refractivity contribution is -0.136. The molecule has 16 heteroatoms. The Morgan fingerprint density at radius 1 is 0.862 bits per heavy atom. The molecule has 300 valence electrons. The molecule has 5 saturated heterocycles. The third-order valence-electron chi connectivity index (χ3n) is 13.3. The van der Waals surface area contributed by atoms with Crippen LogP contribution in [0.25, 0.3) is 0 Å².